The van der Waals surface area contributed by atoms with Gasteiger partial charge in [0, 0.05) is 24.7 Å². The molecule has 0 aliphatic carbocycles. The molecular weight excluding hydrogens is 258 g/mol. The minimum Gasteiger partial charge on any atom is -0.302 e. The van der Waals surface area contributed by atoms with Crippen LogP contribution in [0.2, 0.25) is 5.02 Å². The van der Waals surface area contributed by atoms with Gasteiger partial charge in [0.1, 0.15) is 0 Å². The number of nitriles is 1. The largest absolute Gasteiger partial charge is 0.302 e. The Morgan fingerprint density at radius 2 is 2.11 bits per heavy atom. The van der Waals surface area contributed by atoms with Crippen molar-refractivity contribution < 1.29 is 0 Å². The molecule has 1 aromatic carbocycles. The molecule has 0 saturated carbocycles. The first-order chi connectivity index (χ1) is 9.19. The van der Waals surface area contributed by atoms with Crippen molar-refractivity contribution in [3.63, 3.8) is 0 Å². The van der Waals surface area contributed by atoms with E-state index in [0.29, 0.717) is 10.6 Å². The predicted octanol–water partition coefficient (Wildman–Crippen LogP) is 2.74. The van der Waals surface area contributed by atoms with Gasteiger partial charge in [-0.05, 0) is 50.7 Å². The summed E-state index contributed by atoms with van der Waals surface area (Å²) in [7, 11) is 2.12. The van der Waals surface area contributed by atoms with Gasteiger partial charge in [-0.1, -0.05) is 17.7 Å². The Bertz CT molecular complexity index is 461. The zero-order valence-electron chi connectivity index (χ0n) is 11.4. The molecule has 4 heteroatoms. The van der Waals surface area contributed by atoms with Gasteiger partial charge in [0.05, 0.1) is 11.6 Å². The van der Waals surface area contributed by atoms with Gasteiger partial charge >= 0.3 is 0 Å². The Balaban J connectivity index is 1.84. The fourth-order valence-corrected chi connectivity index (χ4v) is 2.67. The molecule has 1 aliphatic heterocycles. The molecule has 102 valence electrons. The smallest absolute Gasteiger partial charge is 0.0992 e. The lowest BCUT2D eigenvalue weighted by Crippen LogP contribution is -2.31. The maximum Gasteiger partial charge on any atom is 0.0992 e. The summed E-state index contributed by atoms with van der Waals surface area (Å²) in [6, 6.07) is 7.63. The van der Waals surface area contributed by atoms with Crippen LogP contribution in [0.15, 0.2) is 18.2 Å². The second kappa shape index (κ2) is 6.91. The fraction of sp³-hybridized carbons (Fsp3) is 0.533. The number of hydrogen-bond acceptors (Lipinski definition) is 3. The van der Waals surface area contributed by atoms with Gasteiger partial charge in [-0.2, -0.15) is 5.26 Å². The van der Waals surface area contributed by atoms with Gasteiger partial charge in [-0.15, -0.1) is 0 Å². The summed E-state index contributed by atoms with van der Waals surface area (Å²) < 4.78 is 0. The monoisotopic (exact) mass is 277 g/mol. The fourth-order valence-electron chi connectivity index (χ4n) is 2.43. The van der Waals surface area contributed by atoms with Crippen LogP contribution < -0.4 is 0 Å². The van der Waals surface area contributed by atoms with E-state index in [4.69, 9.17) is 16.9 Å². The van der Waals surface area contributed by atoms with Gasteiger partial charge in [-0.25, -0.2) is 0 Å². The zero-order chi connectivity index (χ0) is 13.7. The zero-order valence-corrected chi connectivity index (χ0v) is 12.2. The molecule has 0 atom stereocenters. The van der Waals surface area contributed by atoms with Crippen LogP contribution in [0.4, 0.5) is 0 Å². The van der Waals surface area contributed by atoms with E-state index in [2.05, 4.69) is 22.9 Å². The molecular formula is C15H20ClN3. The maximum absolute atomic E-state index is 8.82. The van der Waals surface area contributed by atoms with Crippen LogP contribution in [0.5, 0.6) is 0 Å². The first-order valence-corrected chi connectivity index (χ1v) is 7.16. The van der Waals surface area contributed by atoms with Crippen molar-refractivity contribution in [3.05, 3.63) is 34.3 Å². The maximum atomic E-state index is 8.82. The Morgan fingerprint density at radius 3 is 2.74 bits per heavy atom. The van der Waals surface area contributed by atoms with E-state index in [9.17, 15) is 0 Å². The molecule has 1 saturated heterocycles. The number of nitrogens with zero attached hydrogens (tertiary/aromatic N) is 3. The molecule has 3 nitrogen and oxygen atoms in total. The third-order valence-electron chi connectivity index (χ3n) is 3.62. The van der Waals surface area contributed by atoms with Crippen LogP contribution in [-0.2, 0) is 6.54 Å². The van der Waals surface area contributed by atoms with Crippen LogP contribution in [0.3, 0.4) is 0 Å². The van der Waals surface area contributed by atoms with E-state index in [1.807, 2.05) is 12.1 Å². The Kier molecular flexibility index (Phi) is 5.21. The van der Waals surface area contributed by atoms with Crippen molar-refractivity contribution in [1.29, 1.82) is 5.26 Å². The summed E-state index contributed by atoms with van der Waals surface area (Å²) >= 11 is 6.19. The average molecular weight is 278 g/mol. The van der Waals surface area contributed by atoms with Crippen LogP contribution in [-0.4, -0.2) is 43.0 Å². The average Bonchev–Trinajstić information content (AvgIpc) is 2.92. The van der Waals surface area contributed by atoms with Gasteiger partial charge < -0.3 is 9.80 Å². The third-order valence-corrected chi connectivity index (χ3v) is 3.97. The van der Waals surface area contributed by atoms with Crippen LogP contribution in [0.25, 0.3) is 0 Å². The molecule has 1 aromatic rings. The lowest BCUT2D eigenvalue weighted by atomic mass is 10.1. The quantitative estimate of drug-likeness (QED) is 0.829. The number of hydrogen-bond donors (Lipinski definition) is 0. The van der Waals surface area contributed by atoms with Gasteiger partial charge in [0.25, 0.3) is 0 Å². The second-order valence-electron chi connectivity index (χ2n) is 5.20. The summed E-state index contributed by atoms with van der Waals surface area (Å²) in [5.41, 5.74) is 1.71. The molecule has 1 fully saturated rings. The van der Waals surface area contributed by atoms with Crippen molar-refractivity contribution >= 4 is 11.6 Å². The predicted molar refractivity (Wildman–Crippen MR) is 78.2 cm³/mol. The highest BCUT2D eigenvalue weighted by Gasteiger charge is 2.12. The van der Waals surface area contributed by atoms with E-state index in [-0.39, 0.29) is 0 Å². The standard InChI is InChI=1S/C15H20ClN3/c1-18(8-9-19-6-2-3-7-19)12-14-5-4-13(11-17)10-15(14)16/h4-5,10H,2-3,6-9,12H2,1H3. The molecule has 2 rings (SSSR count). The lowest BCUT2D eigenvalue weighted by Gasteiger charge is -2.21. The first-order valence-electron chi connectivity index (χ1n) is 6.78. The molecule has 0 unspecified atom stereocenters. The molecule has 19 heavy (non-hydrogen) atoms. The van der Waals surface area contributed by atoms with Crippen LogP contribution in [0, 0.1) is 11.3 Å². The topological polar surface area (TPSA) is 30.3 Å². The van der Waals surface area contributed by atoms with E-state index >= 15 is 0 Å². The van der Waals surface area contributed by atoms with Gasteiger partial charge in [-0.3, -0.25) is 0 Å². The van der Waals surface area contributed by atoms with E-state index in [0.717, 1.165) is 25.2 Å². The summed E-state index contributed by atoms with van der Waals surface area (Å²) in [6.07, 6.45) is 2.68. The summed E-state index contributed by atoms with van der Waals surface area (Å²) in [4.78, 5) is 4.79. The SMILES string of the molecule is CN(CCN1CCCC1)Cc1ccc(C#N)cc1Cl. The number of benzene rings is 1. The van der Waals surface area contributed by atoms with Gasteiger partial charge in [0.15, 0.2) is 0 Å². The van der Waals surface area contributed by atoms with Crippen molar-refractivity contribution in [2.75, 3.05) is 33.2 Å². The number of likely N-dealkylation sites (tertiary alicyclic amines) is 1. The minimum absolute atomic E-state index is 0.619. The molecule has 0 N–H and O–H groups in total. The van der Waals surface area contributed by atoms with Crippen molar-refractivity contribution in [1.82, 2.24) is 9.80 Å². The Hall–Kier alpha value is -1.08. The molecule has 0 radical (unpaired) electrons. The van der Waals surface area contributed by atoms with E-state index < -0.39 is 0 Å². The Morgan fingerprint density at radius 1 is 1.37 bits per heavy atom. The summed E-state index contributed by atoms with van der Waals surface area (Å²) in [6.45, 7) is 5.50. The van der Waals surface area contributed by atoms with E-state index in [1.54, 1.807) is 6.07 Å². The van der Waals surface area contributed by atoms with Crippen molar-refractivity contribution in [2.45, 2.75) is 19.4 Å². The molecule has 0 amide bonds. The van der Waals surface area contributed by atoms with Gasteiger partial charge in [0.2, 0.25) is 0 Å². The summed E-state index contributed by atoms with van der Waals surface area (Å²) in [5.74, 6) is 0. The normalized spacial score (nSPS) is 15.9. The molecule has 1 aliphatic rings. The second-order valence-corrected chi connectivity index (χ2v) is 5.61. The molecule has 1 heterocycles. The van der Waals surface area contributed by atoms with Crippen molar-refractivity contribution in [2.24, 2.45) is 0 Å². The molecule has 0 spiro atoms. The highest BCUT2D eigenvalue weighted by Crippen LogP contribution is 2.19. The Labute approximate surface area is 120 Å². The van der Waals surface area contributed by atoms with Crippen molar-refractivity contribution in [3.8, 4) is 6.07 Å². The summed E-state index contributed by atoms with van der Waals surface area (Å²) in [5, 5.41) is 9.50. The minimum atomic E-state index is 0.619. The van der Waals surface area contributed by atoms with Crippen LogP contribution >= 0.6 is 11.6 Å². The first kappa shape index (κ1) is 14.3. The lowest BCUT2D eigenvalue weighted by molar-refractivity contribution is 0.252. The van der Waals surface area contributed by atoms with E-state index in [1.165, 1.54) is 25.9 Å². The highest BCUT2D eigenvalue weighted by molar-refractivity contribution is 6.31. The number of halogens is 1. The third kappa shape index (κ3) is 4.21. The molecule has 0 aromatic heterocycles. The number of likely N-dealkylation sites (N-methyl/N-ethyl adjacent to an activating group) is 1. The molecule has 0 bridgehead atoms. The van der Waals surface area contributed by atoms with Crippen LogP contribution in [0.1, 0.15) is 24.0 Å². The highest BCUT2D eigenvalue weighted by atomic mass is 35.5. The number of rotatable bonds is 5.